The molecular formula is C19H27NO3Si2. The smallest absolute Gasteiger partial charge is 0.269 e. The molecule has 2 rings (SSSR count). The Labute approximate surface area is 151 Å². The van der Waals surface area contributed by atoms with Crippen molar-refractivity contribution in [3.05, 3.63) is 52.3 Å². The van der Waals surface area contributed by atoms with Crippen LogP contribution in [0, 0.1) is 10.1 Å². The summed E-state index contributed by atoms with van der Waals surface area (Å²) in [6.45, 7) is 15.9. The van der Waals surface area contributed by atoms with Gasteiger partial charge in [0.15, 0.2) is 0 Å². The van der Waals surface area contributed by atoms with E-state index in [1.807, 2.05) is 0 Å². The molecule has 0 spiro atoms. The molecule has 0 bridgehead atoms. The minimum atomic E-state index is -1.63. The Kier molecular flexibility index (Phi) is 5.25. The lowest BCUT2D eigenvalue weighted by Crippen LogP contribution is -2.37. The summed E-state index contributed by atoms with van der Waals surface area (Å²) in [5, 5.41) is 13.5. The SMILES string of the molecule is C/C=C(\c1cc([Si](C)(C)C)c(-c2ccc([N+](=O)[O-])cc2)o1)[Si](C)(C)C. The summed E-state index contributed by atoms with van der Waals surface area (Å²) in [5.74, 6) is 1.81. The number of rotatable bonds is 5. The second-order valence-electron chi connectivity index (χ2n) is 8.36. The topological polar surface area (TPSA) is 56.3 Å². The van der Waals surface area contributed by atoms with Crippen molar-refractivity contribution in [2.24, 2.45) is 0 Å². The highest BCUT2D eigenvalue weighted by molar-refractivity contribution is 6.94. The normalized spacial score (nSPS) is 13.2. The second-order valence-corrected chi connectivity index (χ2v) is 18.4. The molecule has 0 N–H and O–H groups in total. The summed E-state index contributed by atoms with van der Waals surface area (Å²) < 4.78 is 6.34. The molecule has 0 radical (unpaired) electrons. The van der Waals surface area contributed by atoms with Crippen LogP contribution in [0.25, 0.3) is 16.5 Å². The van der Waals surface area contributed by atoms with Crippen LogP contribution >= 0.6 is 0 Å². The van der Waals surface area contributed by atoms with E-state index in [1.54, 1.807) is 24.3 Å². The minimum absolute atomic E-state index is 0.0984. The number of non-ortho nitro benzene ring substituents is 1. The zero-order valence-corrected chi connectivity index (χ0v) is 18.1. The maximum Gasteiger partial charge on any atom is 0.269 e. The third-order valence-electron chi connectivity index (χ3n) is 4.24. The number of benzene rings is 1. The molecule has 1 aromatic carbocycles. The highest BCUT2D eigenvalue weighted by Crippen LogP contribution is 2.32. The summed E-state index contributed by atoms with van der Waals surface area (Å²) >= 11 is 0. The average Bonchev–Trinajstić information content (AvgIpc) is 2.91. The van der Waals surface area contributed by atoms with Crippen LogP contribution in [0.4, 0.5) is 5.69 Å². The van der Waals surface area contributed by atoms with Crippen LogP contribution in [0.5, 0.6) is 0 Å². The van der Waals surface area contributed by atoms with E-state index in [1.165, 1.54) is 10.4 Å². The fourth-order valence-corrected chi connectivity index (χ4v) is 6.14. The van der Waals surface area contributed by atoms with Crippen molar-refractivity contribution in [3.63, 3.8) is 0 Å². The summed E-state index contributed by atoms with van der Waals surface area (Å²) in [5.41, 5.74) is 1.00. The van der Waals surface area contributed by atoms with Gasteiger partial charge in [-0.05, 0) is 35.5 Å². The number of nitro groups is 1. The number of nitro benzene ring substituents is 1. The molecule has 0 aliphatic rings. The van der Waals surface area contributed by atoms with Crippen LogP contribution in [-0.4, -0.2) is 21.1 Å². The van der Waals surface area contributed by atoms with E-state index in [2.05, 4.69) is 58.3 Å². The van der Waals surface area contributed by atoms with Crippen molar-refractivity contribution in [2.75, 3.05) is 0 Å². The molecule has 134 valence electrons. The summed E-state index contributed by atoms with van der Waals surface area (Å²) in [6, 6.07) is 8.86. The lowest BCUT2D eigenvalue weighted by Gasteiger charge is -2.18. The first-order valence-corrected chi connectivity index (χ1v) is 15.5. The molecule has 1 aromatic heterocycles. The molecule has 2 aromatic rings. The third kappa shape index (κ3) is 4.19. The largest absolute Gasteiger partial charge is 0.457 e. The molecule has 0 unspecified atom stereocenters. The molecule has 6 heteroatoms. The minimum Gasteiger partial charge on any atom is -0.457 e. The fourth-order valence-electron chi connectivity index (χ4n) is 2.97. The van der Waals surface area contributed by atoms with Gasteiger partial charge in [-0.2, -0.15) is 0 Å². The van der Waals surface area contributed by atoms with Crippen LogP contribution in [0.2, 0.25) is 39.3 Å². The van der Waals surface area contributed by atoms with Crippen molar-refractivity contribution < 1.29 is 9.34 Å². The fraction of sp³-hybridized carbons (Fsp3) is 0.368. The predicted octanol–water partition coefficient (Wildman–Crippen LogP) is 5.68. The van der Waals surface area contributed by atoms with Gasteiger partial charge < -0.3 is 4.42 Å². The van der Waals surface area contributed by atoms with Crippen LogP contribution in [0.3, 0.4) is 0 Å². The molecular weight excluding hydrogens is 346 g/mol. The van der Waals surface area contributed by atoms with Gasteiger partial charge in [-0.3, -0.25) is 10.1 Å². The maximum absolute atomic E-state index is 10.9. The molecule has 1 heterocycles. The van der Waals surface area contributed by atoms with Gasteiger partial charge in [0.1, 0.15) is 11.5 Å². The second kappa shape index (κ2) is 6.76. The first kappa shape index (κ1) is 19.4. The number of allylic oxidation sites excluding steroid dienone is 1. The zero-order valence-electron chi connectivity index (χ0n) is 16.1. The van der Waals surface area contributed by atoms with Crippen molar-refractivity contribution >= 4 is 32.2 Å². The summed E-state index contributed by atoms with van der Waals surface area (Å²) in [6.07, 6.45) is 2.17. The lowest BCUT2D eigenvalue weighted by molar-refractivity contribution is -0.384. The van der Waals surface area contributed by atoms with Crippen LogP contribution < -0.4 is 5.19 Å². The standard InChI is InChI=1S/C19H27NO3Si2/c1-8-17(24(2,3)4)16-13-18(25(5,6)7)19(23-16)14-9-11-15(12-10-14)20(21)22/h8-13H,1-7H3/b17-8+. The monoisotopic (exact) mass is 373 g/mol. The van der Waals surface area contributed by atoms with Crippen LogP contribution in [0.1, 0.15) is 12.7 Å². The van der Waals surface area contributed by atoms with Crippen molar-refractivity contribution in [1.29, 1.82) is 0 Å². The molecule has 0 fully saturated rings. The lowest BCUT2D eigenvalue weighted by atomic mass is 10.1. The number of nitrogens with zero attached hydrogens (tertiary/aromatic N) is 1. The number of hydrogen-bond acceptors (Lipinski definition) is 3. The third-order valence-corrected chi connectivity index (χ3v) is 8.38. The Morgan fingerprint density at radius 1 is 1.08 bits per heavy atom. The van der Waals surface area contributed by atoms with E-state index in [9.17, 15) is 10.1 Å². The molecule has 0 saturated carbocycles. The Hall–Kier alpha value is -1.93. The van der Waals surface area contributed by atoms with Gasteiger partial charge in [-0.25, -0.2) is 0 Å². The first-order chi connectivity index (χ1) is 11.4. The van der Waals surface area contributed by atoms with E-state index in [0.29, 0.717) is 0 Å². The van der Waals surface area contributed by atoms with Crippen LogP contribution in [-0.2, 0) is 0 Å². The zero-order chi connectivity index (χ0) is 19.0. The maximum atomic E-state index is 10.9. The van der Waals surface area contributed by atoms with Gasteiger partial charge in [0.05, 0.1) is 21.1 Å². The van der Waals surface area contributed by atoms with E-state index < -0.39 is 16.1 Å². The van der Waals surface area contributed by atoms with Crippen molar-refractivity contribution in [1.82, 2.24) is 0 Å². The summed E-state index contributed by atoms with van der Waals surface area (Å²) in [4.78, 5) is 10.5. The van der Waals surface area contributed by atoms with Gasteiger partial charge >= 0.3 is 0 Å². The Morgan fingerprint density at radius 2 is 1.64 bits per heavy atom. The molecule has 0 aliphatic carbocycles. The van der Waals surface area contributed by atoms with Gasteiger partial charge in [0, 0.05) is 17.7 Å². The quantitative estimate of drug-likeness (QED) is 0.385. The molecule has 0 amide bonds. The number of furan rings is 1. The Balaban J connectivity index is 2.63. The van der Waals surface area contributed by atoms with Gasteiger partial charge in [0.2, 0.25) is 0 Å². The highest BCUT2D eigenvalue weighted by Gasteiger charge is 2.29. The Morgan fingerprint density at radius 3 is 2.04 bits per heavy atom. The van der Waals surface area contributed by atoms with Gasteiger partial charge in [0.25, 0.3) is 5.69 Å². The highest BCUT2D eigenvalue weighted by atomic mass is 28.3. The van der Waals surface area contributed by atoms with Crippen LogP contribution in [0.15, 0.2) is 40.8 Å². The molecule has 0 aliphatic heterocycles. The van der Waals surface area contributed by atoms with Crippen molar-refractivity contribution in [2.45, 2.75) is 46.2 Å². The average molecular weight is 374 g/mol. The molecule has 4 nitrogen and oxygen atoms in total. The van der Waals surface area contributed by atoms with Gasteiger partial charge in [-0.15, -0.1) is 0 Å². The first-order valence-electron chi connectivity index (χ1n) is 8.51. The molecule has 0 saturated heterocycles. The van der Waals surface area contributed by atoms with E-state index >= 15 is 0 Å². The van der Waals surface area contributed by atoms with E-state index in [-0.39, 0.29) is 10.6 Å². The molecule has 0 atom stereocenters. The molecule has 25 heavy (non-hydrogen) atoms. The van der Waals surface area contributed by atoms with Crippen molar-refractivity contribution in [3.8, 4) is 11.3 Å². The van der Waals surface area contributed by atoms with E-state index in [0.717, 1.165) is 17.1 Å². The predicted molar refractivity (Wildman–Crippen MR) is 111 cm³/mol. The van der Waals surface area contributed by atoms with E-state index in [4.69, 9.17) is 4.42 Å². The van der Waals surface area contributed by atoms with Gasteiger partial charge in [-0.1, -0.05) is 45.4 Å². The number of hydrogen-bond donors (Lipinski definition) is 0. The summed E-state index contributed by atoms with van der Waals surface area (Å²) in [7, 11) is -3.16. The Bertz CT molecular complexity index is 807.